The third-order valence-corrected chi connectivity index (χ3v) is 19.1. The molecule has 0 bridgehead atoms. The Morgan fingerprint density at radius 1 is 0.356 bits per heavy atom. The summed E-state index contributed by atoms with van der Waals surface area (Å²) in [7, 11) is -2.91. The minimum atomic E-state index is -1.46. The number of benzene rings is 2. The largest absolute Gasteiger partial charge is 0.427 e. The Bertz CT molecular complexity index is 1430. The minimum absolute atomic E-state index is 0.184. The van der Waals surface area contributed by atoms with Crippen LogP contribution in [0.2, 0.25) is 0 Å². The average molecular weight is 1050 g/mol. The third-order valence-electron chi connectivity index (χ3n) is 16.7. The van der Waals surface area contributed by atoms with Crippen LogP contribution >= 0.6 is 17.2 Å². The van der Waals surface area contributed by atoms with Gasteiger partial charge in [-0.1, -0.05) is 233 Å². The molecule has 420 valence electrons. The molecule has 73 heavy (non-hydrogen) atoms. The molecule has 0 heterocycles. The Kier molecular flexibility index (Phi) is 36.8. The highest BCUT2D eigenvalue weighted by Crippen LogP contribution is 2.53. The molecule has 2 saturated carbocycles. The summed E-state index contributed by atoms with van der Waals surface area (Å²) in [6.45, 7) is 15.7. The molecule has 0 amide bonds. The molecule has 6 nitrogen and oxygen atoms in total. The lowest BCUT2D eigenvalue weighted by Crippen LogP contribution is -2.38. The molecule has 0 aliphatic heterocycles. The standard InChI is InChI=1S/C65H114O6P2/c1-7-11-15-19-23-27-31-35-55-66-72(68-61-47-39-57(40-48-61)37-33-29-25-21-17-13-9-3)70-63-51-43-59(44-52-63)65(5,6)60-45-53-64(54-46-60)71-73(67-56-36-32-28-24-20-16-12-8-2)69-62-49-41-58(42-50-62)38-34-30-26-22-18-14-10-4/h39-42,47-50,59-60,63-64H,7-38,43-46,51-56H2,1-6H3. The maximum absolute atomic E-state index is 6.80. The van der Waals surface area contributed by atoms with E-state index in [-0.39, 0.29) is 17.6 Å². The Labute approximate surface area is 454 Å². The average Bonchev–Trinajstić information content (AvgIpc) is 3.40. The topological polar surface area (TPSA) is 55.4 Å². The lowest BCUT2D eigenvalue weighted by Gasteiger charge is -2.46. The molecule has 0 spiro atoms. The minimum Gasteiger partial charge on any atom is -0.427 e. The van der Waals surface area contributed by atoms with Gasteiger partial charge in [-0.25, -0.2) is 0 Å². The van der Waals surface area contributed by atoms with Crippen molar-refractivity contribution in [3.05, 3.63) is 59.7 Å². The molecule has 4 rings (SSSR count). The van der Waals surface area contributed by atoms with Crippen molar-refractivity contribution in [1.29, 1.82) is 0 Å². The predicted molar refractivity (Wildman–Crippen MR) is 316 cm³/mol. The molecular weight excluding hydrogens is 939 g/mol. The van der Waals surface area contributed by atoms with Gasteiger partial charge >= 0.3 is 17.2 Å². The van der Waals surface area contributed by atoms with Gasteiger partial charge in [0.15, 0.2) is 0 Å². The number of hydrogen-bond acceptors (Lipinski definition) is 6. The second kappa shape index (κ2) is 41.8. The fourth-order valence-electron chi connectivity index (χ4n) is 11.5. The first-order valence-corrected chi connectivity index (χ1v) is 33.8. The van der Waals surface area contributed by atoms with Gasteiger partial charge in [-0.05, 0) is 143 Å². The molecule has 2 aromatic carbocycles. The summed E-state index contributed by atoms with van der Waals surface area (Å²) in [5.41, 5.74) is 3.07. The van der Waals surface area contributed by atoms with E-state index in [4.69, 9.17) is 27.1 Å². The molecule has 0 N–H and O–H groups in total. The molecule has 0 aromatic heterocycles. The lowest BCUT2D eigenvalue weighted by atomic mass is 9.60. The highest BCUT2D eigenvalue weighted by atomic mass is 31.2. The zero-order chi connectivity index (χ0) is 51.9. The zero-order valence-electron chi connectivity index (χ0n) is 48.5. The zero-order valence-corrected chi connectivity index (χ0v) is 50.3. The van der Waals surface area contributed by atoms with E-state index < -0.39 is 17.2 Å². The number of hydrogen-bond donors (Lipinski definition) is 0. The quantitative estimate of drug-likeness (QED) is 0.0486. The molecule has 2 fully saturated rings. The summed E-state index contributed by atoms with van der Waals surface area (Å²) in [6, 6.07) is 17.6. The van der Waals surface area contributed by atoms with Crippen LogP contribution in [0, 0.1) is 17.3 Å². The predicted octanol–water partition coefficient (Wildman–Crippen LogP) is 22.7. The van der Waals surface area contributed by atoms with Crippen molar-refractivity contribution in [1.82, 2.24) is 0 Å². The third kappa shape index (κ3) is 29.3. The van der Waals surface area contributed by atoms with E-state index in [0.717, 1.165) is 62.9 Å². The van der Waals surface area contributed by atoms with E-state index in [9.17, 15) is 0 Å². The van der Waals surface area contributed by atoms with Gasteiger partial charge in [0.2, 0.25) is 0 Å². The van der Waals surface area contributed by atoms with Crippen LogP contribution in [0.1, 0.15) is 297 Å². The van der Waals surface area contributed by atoms with E-state index in [0.29, 0.717) is 25.0 Å². The molecule has 8 heteroatoms. The maximum Gasteiger partial charge on any atom is 0.397 e. The molecule has 2 aliphatic carbocycles. The van der Waals surface area contributed by atoms with E-state index in [1.54, 1.807) is 0 Å². The summed E-state index contributed by atoms with van der Waals surface area (Å²) >= 11 is 0. The molecule has 2 aliphatic rings. The monoisotopic (exact) mass is 1050 g/mol. The van der Waals surface area contributed by atoms with Crippen LogP contribution in [-0.2, 0) is 30.9 Å². The van der Waals surface area contributed by atoms with E-state index >= 15 is 0 Å². The fourth-order valence-corrected chi connectivity index (χ4v) is 13.9. The van der Waals surface area contributed by atoms with Crippen LogP contribution in [0.4, 0.5) is 0 Å². The summed E-state index contributed by atoms with van der Waals surface area (Å²) in [6.07, 6.45) is 51.2. The molecular formula is C65H114O6P2. The van der Waals surface area contributed by atoms with Gasteiger partial charge in [0.05, 0.1) is 25.4 Å². The van der Waals surface area contributed by atoms with Crippen molar-refractivity contribution >= 4 is 17.2 Å². The highest BCUT2D eigenvalue weighted by molar-refractivity contribution is 7.42. The molecule has 2 unspecified atom stereocenters. The van der Waals surface area contributed by atoms with Crippen molar-refractivity contribution < 1.29 is 27.1 Å². The second-order valence-electron chi connectivity index (χ2n) is 23.3. The van der Waals surface area contributed by atoms with Crippen molar-refractivity contribution in [2.75, 3.05) is 13.2 Å². The van der Waals surface area contributed by atoms with Gasteiger partial charge < -0.3 is 18.1 Å². The van der Waals surface area contributed by atoms with Crippen LogP contribution in [0.25, 0.3) is 0 Å². The molecule has 2 aromatic rings. The first-order chi connectivity index (χ1) is 35.8. The molecule has 0 radical (unpaired) electrons. The summed E-state index contributed by atoms with van der Waals surface area (Å²) < 4.78 is 39.7. The number of aryl methyl sites for hydroxylation is 2. The van der Waals surface area contributed by atoms with Gasteiger partial charge in [0.25, 0.3) is 0 Å². The summed E-state index contributed by atoms with van der Waals surface area (Å²) in [4.78, 5) is 0. The Morgan fingerprint density at radius 3 is 0.932 bits per heavy atom. The maximum atomic E-state index is 6.80. The smallest absolute Gasteiger partial charge is 0.397 e. The SMILES string of the molecule is CCCCCCCCCCOP(Oc1ccc(CCCCCCCCC)cc1)OC1CCC(C(C)(C)C2CCC(OP(OCCCCCCCCCC)Oc3ccc(CCCCCCCCC)cc3)CC2)CC1. The first kappa shape index (κ1) is 64.3. The highest BCUT2D eigenvalue weighted by Gasteiger charge is 2.42. The number of rotatable bonds is 46. The Morgan fingerprint density at radius 2 is 0.630 bits per heavy atom. The summed E-state index contributed by atoms with van der Waals surface area (Å²) in [5.74, 6) is 3.12. The summed E-state index contributed by atoms with van der Waals surface area (Å²) in [5, 5.41) is 0. The van der Waals surface area contributed by atoms with Gasteiger partial charge in [-0.15, -0.1) is 0 Å². The first-order valence-electron chi connectivity index (χ1n) is 31.6. The fraction of sp³-hybridized carbons (Fsp3) is 0.815. The normalized spacial score (nSPS) is 19.3. The van der Waals surface area contributed by atoms with Crippen LogP contribution in [0.5, 0.6) is 11.5 Å². The Hall–Kier alpha value is -1.26. The lowest BCUT2D eigenvalue weighted by molar-refractivity contribution is 0.00601. The van der Waals surface area contributed by atoms with Crippen LogP contribution < -0.4 is 9.05 Å². The number of unbranched alkanes of at least 4 members (excludes halogenated alkanes) is 26. The van der Waals surface area contributed by atoms with Crippen LogP contribution in [-0.4, -0.2) is 25.4 Å². The van der Waals surface area contributed by atoms with Crippen molar-refractivity contribution in [2.24, 2.45) is 17.3 Å². The van der Waals surface area contributed by atoms with Crippen molar-refractivity contribution in [2.45, 2.75) is 311 Å². The van der Waals surface area contributed by atoms with Crippen molar-refractivity contribution in [3.63, 3.8) is 0 Å². The Balaban J connectivity index is 1.24. The van der Waals surface area contributed by atoms with Crippen LogP contribution in [0.15, 0.2) is 48.5 Å². The second-order valence-corrected chi connectivity index (χ2v) is 25.5. The van der Waals surface area contributed by atoms with Crippen LogP contribution in [0.3, 0.4) is 0 Å². The van der Waals surface area contributed by atoms with E-state index in [2.05, 4.69) is 90.1 Å². The van der Waals surface area contributed by atoms with Gasteiger partial charge in [-0.3, -0.25) is 9.05 Å². The van der Waals surface area contributed by atoms with Gasteiger partial charge in [0, 0.05) is 0 Å². The molecule has 0 saturated heterocycles. The van der Waals surface area contributed by atoms with E-state index in [1.807, 2.05) is 0 Å². The van der Waals surface area contributed by atoms with Gasteiger partial charge in [-0.2, -0.15) is 0 Å². The van der Waals surface area contributed by atoms with Gasteiger partial charge in [0.1, 0.15) is 11.5 Å². The molecule has 2 atom stereocenters. The van der Waals surface area contributed by atoms with E-state index in [1.165, 1.54) is 217 Å². The van der Waals surface area contributed by atoms with Crippen molar-refractivity contribution in [3.8, 4) is 11.5 Å².